The van der Waals surface area contributed by atoms with E-state index < -0.39 is 6.04 Å². The number of hydrogen-bond donors (Lipinski definition) is 1. The van der Waals surface area contributed by atoms with Crippen molar-refractivity contribution in [2.75, 3.05) is 13.1 Å². The molecule has 0 aromatic heterocycles. The highest BCUT2D eigenvalue weighted by atomic mass is 16.5. The number of nitrogens with zero attached hydrogens (tertiary/aromatic N) is 1. The van der Waals surface area contributed by atoms with E-state index in [0.717, 1.165) is 31.4 Å². The number of quaternary nitrogens is 1. The molecule has 1 fully saturated rings. The lowest BCUT2D eigenvalue weighted by Gasteiger charge is -2.22. The molecule has 1 amide bonds. The van der Waals surface area contributed by atoms with Crippen molar-refractivity contribution in [2.24, 2.45) is 0 Å². The molecule has 0 saturated carbocycles. The van der Waals surface area contributed by atoms with Crippen LogP contribution < -0.4 is 5.32 Å². The summed E-state index contributed by atoms with van der Waals surface area (Å²) >= 11 is 0. The normalized spacial score (nSPS) is 19.6. The van der Waals surface area contributed by atoms with E-state index in [2.05, 4.69) is 24.4 Å². The molecule has 0 bridgehead atoms. The second-order valence-corrected chi connectivity index (χ2v) is 7.67. The van der Waals surface area contributed by atoms with E-state index in [9.17, 15) is 9.59 Å². The molecule has 3 rings (SSSR count). The average molecular weight is 396 g/mol. The number of rotatable bonds is 8. The van der Waals surface area contributed by atoms with E-state index in [0.29, 0.717) is 12.6 Å². The summed E-state index contributed by atoms with van der Waals surface area (Å²) in [7, 11) is 0. The number of esters is 1. The van der Waals surface area contributed by atoms with E-state index in [4.69, 9.17) is 4.74 Å². The lowest BCUT2D eigenvalue weighted by molar-refractivity contribution is -0.708. The van der Waals surface area contributed by atoms with Gasteiger partial charge < -0.3 is 15.0 Å². The number of carbonyl (C=O) groups excluding carboxylic acids is 2. The first-order valence-electron chi connectivity index (χ1n) is 10.5. The predicted molar refractivity (Wildman–Crippen MR) is 112 cm³/mol. The summed E-state index contributed by atoms with van der Waals surface area (Å²) < 4.78 is 5.42. The monoisotopic (exact) mass is 395 g/mol. The minimum absolute atomic E-state index is 0.0496. The molecule has 5 nitrogen and oxygen atoms in total. The summed E-state index contributed by atoms with van der Waals surface area (Å²) in [5, 5.41) is 2.08. The average Bonchev–Trinajstić information content (AvgIpc) is 2.91. The third kappa shape index (κ3) is 6.43. The van der Waals surface area contributed by atoms with Gasteiger partial charge in [-0.2, -0.15) is 0 Å². The van der Waals surface area contributed by atoms with Crippen LogP contribution in [0.1, 0.15) is 37.3 Å². The number of hydrogen-bond acceptors (Lipinski definition) is 3. The Hall–Kier alpha value is -2.66. The van der Waals surface area contributed by atoms with Gasteiger partial charge in [0.25, 0.3) is 5.91 Å². The van der Waals surface area contributed by atoms with Crippen LogP contribution >= 0.6 is 0 Å². The third-order valence-corrected chi connectivity index (χ3v) is 5.57. The predicted octanol–water partition coefficient (Wildman–Crippen LogP) is 2.31. The maximum atomic E-state index is 13.1. The van der Waals surface area contributed by atoms with Crippen molar-refractivity contribution >= 4 is 11.9 Å². The summed E-state index contributed by atoms with van der Waals surface area (Å²) in [5.74, 6) is -0.267. The van der Waals surface area contributed by atoms with Crippen molar-refractivity contribution in [2.45, 2.75) is 51.3 Å². The molecule has 0 spiro atoms. The zero-order chi connectivity index (χ0) is 20.5. The first-order chi connectivity index (χ1) is 14.2. The highest BCUT2D eigenvalue weighted by Gasteiger charge is 2.35. The molecule has 0 radical (unpaired) electrons. The fraction of sp³-hybridized carbons (Fsp3) is 0.417. The zero-order valence-corrected chi connectivity index (χ0v) is 17.1. The summed E-state index contributed by atoms with van der Waals surface area (Å²) in [6, 6.07) is 19.8. The topological polar surface area (TPSA) is 63.2 Å². The van der Waals surface area contributed by atoms with Crippen LogP contribution in [0.2, 0.25) is 0 Å². The molecule has 1 aliphatic rings. The molecule has 2 aromatic carbocycles. The Kier molecular flexibility index (Phi) is 7.82. The van der Waals surface area contributed by atoms with E-state index in [1.54, 1.807) is 0 Å². The minimum Gasteiger partial charge on any atom is -0.461 e. The van der Waals surface area contributed by atoms with Crippen LogP contribution in [0.15, 0.2) is 60.7 Å². The largest absolute Gasteiger partial charge is 0.461 e. The first-order valence-corrected chi connectivity index (χ1v) is 10.5. The van der Waals surface area contributed by atoms with Crippen LogP contribution in [-0.2, 0) is 27.4 Å². The van der Waals surface area contributed by atoms with Crippen LogP contribution in [0.4, 0.5) is 0 Å². The Morgan fingerprint density at radius 2 is 1.72 bits per heavy atom. The van der Waals surface area contributed by atoms with Crippen molar-refractivity contribution < 1.29 is 19.6 Å². The standard InChI is InChI=1S/C24H30N2O3/c1-2-21-14-16-26(15-13-19-9-5-3-6-10-19)24(28)22(25-21)17-23(27)29-18-20-11-7-4-8-12-20/h3-12,21-22,25H,2,13-18H2,1H3/p+1/t21-,22+/m1/s1. The first kappa shape index (κ1) is 21.1. The van der Waals surface area contributed by atoms with Crippen molar-refractivity contribution in [1.82, 2.24) is 4.90 Å². The van der Waals surface area contributed by atoms with Gasteiger partial charge in [0.1, 0.15) is 13.0 Å². The molecule has 2 aromatic rings. The number of benzene rings is 2. The second-order valence-electron chi connectivity index (χ2n) is 7.67. The van der Waals surface area contributed by atoms with Crippen LogP contribution in [0.25, 0.3) is 0 Å². The SMILES string of the molecule is CC[C@@H]1CCN(CCc2ccccc2)C(=O)[C@H](CC(=O)OCc2ccccc2)[NH2+]1. The summed E-state index contributed by atoms with van der Waals surface area (Å²) in [6.45, 7) is 3.81. The van der Waals surface area contributed by atoms with Crippen molar-refractivity contribution in [3.05, 3.63) is 71.8 Å². The van der Waals surface area contributed by atoms with E-state index in [1.165, 1.54) is 5.56 Å². The second kappa shape index (κ2) is 10.8. The molecule has 1 saturated heterocycles. The highest BCUT2D eigenvalue weighted by Crippen LogP contribution is 2.10. The number of ether oxygens (including phenoxy) is 1. The number of amides is 1. The van der Waals surface area contributed by atoms with Gasteiger partial charge in [0.2, 0.25) is 0 Å². The maximum absolute atomic E-state index is 13.1. The molecule has 1 heterocycles. The number of nitrogens with two attached hydrogens (primary N) is 1. The van der Waals surface area contributed by atoms with Gasteiger partial charge >= 0.3 is 5.97 Å². The molecule has 0 aliphatic carbocycles. The molecule has 2 N–H and O–H groups in total. The van der Waals surface area contributed by atoms with Gasteiger partial charge in [0.05, 0.1) is 6.04 Å². The van der Waals surface area contributed by atoms with Crippen molar-refractivity contribution in [1.29, 1.82) is 0 Å². The molecule has 154 valence electrons. The Morgan fingerprint density at radius 1 is 1.07 bits per heavy atom. The van der Waals surface area contributed by atoms with E-state index >= 15 is 0 Å². The molecule has 5 heteroatoms. The molecule has 29 heavy (non-hydrogen) atoms. The summed E-state index contributed by atoms with van der Waals surface area (Å²) in [6.07, 6.45) is 2.88. The Balaban J connectivity index is 1.58. The molecule has 0 unspecified atom stereocenters. The number of carbonyl (C=O) groups is 2. The Labute approximate surface area is 173 Å². The van der Waals surface area contributed by atoms with Crippen LogP contribution in [0, 0.1) is 0 Å². The summed E-state index contributed by atoms with van der Waals surface area (Å²) in [5.41, 5.74) is 2.17. The van der Waals surface area contributed by atoms with Gasteiger partial charge in [-0.25, -0.2) is 0 Å². The fourth-order valence-corrected chi connectivity index (χ4v) is 3.78. The van der Waals surface area contributed by atoms with Crippen LogP contribution in [0.3, 0.4) is 0 Å². The molecular formula is C24H31N2O3+. The molecule has 2 atom stereocenters. The quantitative estimate of drug-likeness (QED) is 0.698. The molecular weight excluding hydrogens is 364 g/mol. The van der Waals surface area contributed by atoms with Crippen molar-refractivity contribution in [3.8, 4) is 0 Å². The zero-order valence-electron chi connectivity index (χ0n) is 17.1. The smallest absolute Gasteiger partial charge is 0.312 e. The van der Waals surface area contributed by atoms with Gasteiger partial charge in [-0.3, -0.25) is 9.59 Å². The Morgan fingerprint density at radius 3 is 2.38 bits per heavy atom. The maximum Gasteiger partial charge on any atom is 0.312 e. The van der Waals surface area contributed by atoms with Crippen LogP contribution in [0.5, 0.6) is 0 Å². The van der Waals surface area contributed by atoms with Gasteiger partial charge in [-0.05, 0) is 24.0 Å². The minimum atomic E-state index is -0.401. The lowest BCUT2D eigenvalue weighted by Crippen LogP contribution is -2.96. The van der Waals surface area contributed by atoms with Crippen molar-refractivity contribution in [3.63, 3.8) is 0 Å². The van der Waals surface area contributed by atoms with Gasteiger partial charge in [-0.15, -0.1) is 0 Å². The third-order valence-electron chi connectivity index (χ3n) is 5.57. The molecule has 1 aliphatic heterocycles. The van der Waals surface area contributed by atoms with Gasteiger partial charge in [-0.1, -0.05) is 67.6 Å². The Bertz CT molecular complexity index is 779. The summed E-state index contributed by atoms with van der Waals surface area (Å²) in [4.78, 5) is 27.5. The van der Waals surface area contributed by atoms with Crippen LogP contribution in [-0.4, -0.2) is 41.9 Å². The van der Waals surface area contributed by atoms with E-state index in [1.807, 2.05) is 53.4 Å². The fourth-order valence-electron chi connectivity index (χ4n) is 3.78. The van der Waals surface area contributed by atoms with E-state index in [-0.39, 0.29) is 24.9 Å². The van der Waals surface area contributed by atoms with Gasteiger partial charge in [0.15, 0.2) is 6.04 Å². The van der Waals surface area contributed by atoms with Gasteiger partial charge in [0, 0.05) is 19.5 Å². The lowest BCUT2D eigenvalue weighted by atomic mass is 10.1. The highest BCUT2D eigenvalue weighted by molar-refractivity contribution is 5.85.